The van der Waals surface area contributed by atoms with E-state index < -0.39 is 0 Å². The van der Waals surface area contributed by atoms with Crippen molar-refractivity contribution in [2.45, 2.75) is 32.3 Å². The molecule has 0 unspecified atom stereocenters. The Morgan fingerprint density at radius 2 is 1.92 bits per heavy atom. The van der Waals surface area contributed by atoms with Crippen LogP contribution in [0, 0.1) is 22.7 Å². The first kappa shape index (κ1) is 16.8. The largest absolute Gasteiger partial charge is 0.445 e. The molecule has 0 aromatic heterocycles. The van der Waals surface area contributed by atoms with E-state index in [1.807, 2.05) is 30.3 Å². The number of benzene rings is 1. The van der Waals surface area contributed by atoms with E-state index in [-0.39, 0.29) is 11.5 Å². The van der Waals surface area contributed by atoms with E-state index in [0.29, 0.717) is 38.8 Å². The number of carbonyl (C=O) groups excluding carboxylic acids is 1. The van der Waals surface area contributed by atoms with Crippen LogP contribution in [0.5, 0.6) is 0 Å². The molecule has 128 valence electrons. The second kappa shape index (κ2) is 7.67. The second-order valence-corrected chi connectivity index (χ2v) is 6.68. The number of likely N-dealkylation sites (tertiary alicyclic amines) is 1. The van der Waals surface area contributed by atoms with Crippen molar-refractivity contribution in [1.29, 1.82) is 5.26 Å². The zero-order chi connectivity index (χ0) is 16.8. The third kappa shape index (κ3) is 3.70. The van der Waals surface area contributed by atoms with Gasteiger partial charge >= 0.3 is 6.09 Å². The van der Waals surface area contributed by atoms with Gasteiger partial charge in [0.15, 0.2) is 0 Å². The Kier molecular flexibility index (Phi) is 5.37. The van der Waals surface area contributed by atoms with Crippen LogP contribution in [-0.4, -0.2) is 37.3 Å². The molecular formula is C19H24N2O3. The summed E-state index contributed by atoms with van der Waals surface area (Å²) < 4.78 is 10.8. The average Bonchev–Trinajstić information content (AvgIpc) is 2.67. The van der Waals surface area contributed by atoms with Crippen LogP contribution in [0.1, 0.15) is 31.2 Å². The number of nitrogens with zero attached hydrogens (tertiary/aromatic N) is 2. The number of piperidine rings is 1. The van der Waals surface area contributed by atoms with Crippen LogP contribution in [0.15, 0.2) is 30.3 Å². The third-order valence-corrected chi connectivity index (χ3v) is 5.35. The smallest absolute Gasteiger partial charge is 0.410 e. The molecule has 2 saturated heterocycles. The normalized spacial score (nSPS) is 21.0. The van der Waals surface area contributed by atoms with Crippen LogP contribution in [0.25, 0.3) is 0 Å². The minimum atomic E-state index is -0.266. The molecule has 1 aromatic carbocycles. The summed E-state index contributed by atoms with van der Waals surface area (Å²) in [6.45, 7) is 2.99. The van der Waals surface area contributed by atoms with Gasteiger partial charge in [0.1, 0.15) is 6.61 Å². The molecule has 24 heavy (non-hydrogen) atoms. The number of hydrogen-bond donors (Lipinski definition) is 0. The Morgan fingerprint density at radius 1 is 1.25 bits per heavy atom. The summed E-state index contributed by atoms with van der Waals surface area (Å²) >= 11 is 0. The lowest BCUT2D eigenvalue weighted by Gasteiger charge is -2.42. The van der Waals surface area contributed by atoms with Gasteiger partial charge in [-0.05, 0) is 37.2 Å². The van der Waals surface area contributed by atoms with Crippen LogP contribution in [0.4, 0.5) is 4.79 Å². The van der Waals surface area contributed by atoms with E-state index in [0.717, 1.165) is 31.2 Å². The summed E-state index contributed by atoms with van der Waals surface area (Å²) in [5, 5.41) is 9.67. The van der Waals surface area contributed by atoms with E-state index in [2.05, 4.69) is 6.07 Å². The van der Waals surface area contributed by atoms with Gasteiger partial charge in [0.05, 0.1) is 11.5 Å². The summed E-state index contributed by atoms with van der Waals surface area (Å²) in [6, 6.07) is 12.3. The molecule has 3 rings (SSSR count). The van der Waals surface area contributed by atoms with Gasteiger partial charge in [-0.1, -0.05) is 30.3 Å². The molecule has 5 heteroatoms. The first-order valence-corrected chi connectivity index (χ1v) is 8.68. The molecule has 5 nitrogen and oxygen atoms in total. The monoisotopic (exact) mass is 328 g/mol. The van der Waals surface area contributed by atoms with Gasteiger partial charge in [0.25, 0.3) is 0 Å². The van der Waals surface area contributed by atoms with E-state index >= 15 is 0 Å². The molecule has 2 fully saturated rings. The highest BCUT2D eigenvalue weighted by atomic mass is 16.6. The predicted molar refractivity (Wildman–Crippen MR) is 89.0 cm³/mol. The van der Waals surface area contributed by atoms with Gasteiger partial charge in [-0.15, -0.1) is 0 Å². The lowest BCUT2D eigenvalue weighted by atomic mass is 9.67. The maximum Gasteiger partial charge on any atom is 0.410 e. The summed E-state index contributed by atoms with van der Waals surface area (Å²) in [4.78, 5) is 14.0. The Balaban J connectivity index is 1.49. The van der Waals surface area contributed by atoms with Crippen molar-refractivity contribution >= 4 is 6.09 Å². The quantitative estimate of drug-likeness (QED) is 0.853. The SMILES string of the molecule is N#CC1(C2CCN(C(=O)OCc3ccccc3)CC2)CCOCC1. The van der Waals surface area contributed by atoms with Crippen LogP contribution in [0.3, 0.4) is 0 Å². The Labute approximate surface area is 143 Å². The predicted octanol–water partition coefficient (Wildman–Crippen LogP) is 3.36. The molecule has 2 aliphatic rings. The van der Waals surface area contributed by atoms with Crippen molar-refractivity contribution in [3.63, 3.8) is 0 Å². The zero-order valence-corrected chi connectivity index (χ0v) is 13.9. The fourth-order valence-corrected chi connectivity index (χ4v) is 3.77. The van der Waals surface area contributed by atoms with E-state index in [9.17, 15) is 10.1 Å². The molecule has 2 aliphatic heterocycles. The molecule has 0 spiro atoms. The van der Waals surface area contributed by atoms with E-state index in [1.54, 1.807) is 4.90 Å². The molecule has 0 N–H and O–H groups in total. The molecule has 0 aliphatic carbocycles. The van der Waals surface area contributed by atoms with Crippen molar-refractivity contribution in [1.82, 2.24) is 4.90 Å². The van der Waals surface area contributed by atoms with Gasteiger partial charge in [-0.3, -0.25) is 0 Å². The first-order chi connectivity index (χ1) is 11.7. The van der Waals surface area contributed by atoms with Crippen molar-refractivity contribution in [3.8, 4) is 6.07 Å². The summed E-state index contributed by atoms with van der Waals surface area (Å²) in [5.74, 6) is 0.351. The minimum absolute atomic E-state index is 0.254. The van der Waals surface area contributed by atoms with E-state index in [1.165, 1.54) is 0 Å². The summed E-state index contributed by atoms with van der Waals surface area (Å²) in [6.07, 6.45) is 3.11. The lowest BCUT2D eigenvalue weighted by Crippen LogP contribution is -2.45. The molecule has 2 heterocycles. The van der Waals surface area contributed by atoms with Crippen molar-refractivity contribution in [2.24, 2.45) is 11.3 Å². The lowest BCUT2D eigenvalue weighted by molar-refractivity contribution is -0.00543. The number of rotatable bonds is 3. The van der Waals surface area contributed by atoms with Crippen molar-refractivity contribution < 1.29 is 14.3 Å². The van der Waals surface area contributed by atoms with Crippen LogP contribution >= 0.6 is 0 Å². The highest BCUT2D eigenvalue weighted by Crippen LogP contribution is 2.42. The first-order valence-electron chi connectivity index (χ1n) is 8.68. The average molecular weight is 328 g/mol. The van der Waals surface area contributed by atoms with Crippen LogP contribution < -0.4 is 0 Å². The molecule has 1 aromatic rings. The maximum atomic E-state index is 12.2. The Hall–Kier alpha value is -2.06. The maximum absolute atomic E-state index is 12.2. The van der Waals surface area contributed by atoms with Gasteiger partial charge in [-0.2, -0.15) is 5.26 Å². The molecule has 0 bridgehead atoms. The van der Waals surface area contributed by atoms with Crippen molar-refractivity contribution in [3.05, 3.63) is 35.9 Å². The second-order valence-electron chi connectivity index (χ2n) is 6.68. The van der Waals surface area contributed by atoms with Crippen LogP contribution in [-0.2, 0) is 16.1 Å². The van der Waals surface area contributed by atoms with Gasteiger partial charge in [0, 0.05) is 26.3 Å². The number of carbonyl (C=O) groups is 1. The van der Waals surface area contributed by atoms with Gasteiger partial charge < -0.3 is 14.4 Å². The number of amides is 1. The number of nitriles is 1. The van der Waals surface area contributed by atoms with Crippen molar-refractivity contribution in [2.75, 3.05) is 26.3 Å². The summed E-state index contributed by atoms with van der Waals surface area (Å²) in [7, 11) is 0. The molecular weight excluding hydrogens is 304 g/mol. The molecule has 0 saturated carbocycles. The Morgan fingerprint density at radius 3 is 2.54 bits per heavy atom. The Bertz CT molecular complexity index is 582. The molecule has 1 amide bonds. The highest BCUT2D eigenvalue weighted by Gasteiger charge is 2.42. The minimum Gasteiger partial charge on any atom is -0.445 e. The fraction of sp³-hybridized carbons (Fsp3) is 0.579. The zero-order valence-electron chi connectivity index (χ0n) is 13.9. The van der Waals surface area contributed by atoms with Crippen LogP contribution in [0.2, 0.25) is 0 Å². The number of hydrogen-bond acceptors (Lipinski definition) is 4. The molecule has 0 atom stereocenters. The third-order valence-electron chi connectivity index (χ3n) is 5.35. The fourth-order valence-electron chi connectivity index (χ4n) is 3.77. The number of ether oxygens (including phenoxy) is 2. The topological polar surface area (TPSA) is 62.6 Å². The highest BCUT2D eigenvalue weighted by molar-refractivity contribution is 5.67. The van der Waals surface area contributed by atoms with Gasteiger partial charge in [-0.25, -0.2) is 4.79 Å². The van der Waals surface area contributed by atoms with Gasteiger partial charge in [0.2, 0.25) is 0 Å². The summed E-state index contributed by atoms with van der Waals surface area (Å²) in [5.41, 5.74) is 0.726. The standard InChI is InChI=1S/C19H24N2O3/c20-15-19(8-12-23-13-9-19)17-6-10-21(11-7-17)18(22)24-14-16-4-2-1-3-5-16/h1-5,17H,6-14H2. The van der Waals surface area contributed by atoms with E-state index in [4.69, 9.17) is 9.47 Å². The molecule has 0 radical (unpaired) electrons.